The molecule has 0 radical (unpaired) electrons. The fraction of sp³-hybridized carbons (Fsp3) is 0.500. The average Bonchev–Trinajstić information content (AvgIpc) is 2.39. The van der Waals surface area contributed by atoms with Crippen LogP contribution in [0.15, 0.2) is 35.3 Å². The van der Waals surface area contributed by atoms with Crippen LogP contribution in [0.4, 0.5) is 0 Å². The third kappa shape index (κ3) is 2.55. The van der Waals surface area contributed by atoms with Crippen molar-refractivity contribution in [3.8, 4) is 0 Å². The minimum atomic E-state index is -0.387. The largest absolute Gasteiger partial charge is 0.490 e. The average molecular weight is 236 g/mol. The summed E-state index contributed by atoms with van der Waals surface area (Å²) in [5, 5.41) is 14.1. The van der Waals surface area contributed by atoms with Crippen molar-refractivity contribution in [3.05, 3.63) is 45.4 Å². The molecule has 0 aromatic carbocycles. The van der Waals surface area contributed by atoms with E-state index >= 15 is 0 Å². The zero-order chi connectivity index (χ0) is 12.3. The van der Waals surface area contributed by atoms with Gasteiger partial charge in [-0.05, 0) is 31.5 Å². The van der Waals surface area contributed by atoms with Gasteiger partial charge in [-0.2, -0.15) is 0 Å². The molecule has 1 atom stereocenters. The van der Waals surface area contributed by atoms with E-state index in [0.29, 0.717) is 12.2 Å². The van der Waals surface area contributed by atoms with Crippen molar-refractivity contribution in [2.24, 2.45) is 5.92 Å². The first-order valence-corrected chi connectivity index (χ1v) is 5.72. The highest BCUT2D eigenvalue weighted by molar-refractivity contribution is 5.30. The highest BCUT2D eigenvalue weighted by Gasteiger charge is 2.26. The second-order valence-electron chi connectivity index (χ2n) is 4.16. The van der Waals surface area contributed by atoms with Gasteiger partial charge >= 0.3 is 5.70 Å². The molecule has 0 amide bonds. The van der Waals surface area contributed by atoms with Crippen molar-refractivity contribution in [3.63, 3.8) is 0 Å². The van der Waals surface area contributed by atoms with E-state index in [9.17, 15) is 10.1 Å². The first-order chi connectivity index (χ1) is 8.22. The van der Waals surface area contributed by atoms with Crippen LogP contribution in [0.2, 0.25) is 0 Å². The minimum Gasteiger partial charge on any atom is -0.490 e. The lowest BCUT2D eigenvalue weighted by molar-refractivity contribution is -0.424. The summed E-state index contributed by atoms with van der Waals surface area (Å²) in [6, 6.07) is 0. The van der Waals surface area contributed by atoms with Crippen LogP contribution >= 0.6 is 0 Å². The molecule has 1 aliphatic carbocycles. The van der Waals surface area contributed by atoms with Crippen molar-refractivity contribution in [2.45, 2.75) is 12.8 Å². The van der Waals surface area contributed by atoms with Gasteiger partial charge in [0.25, 0.3) is 0 Å². The molecule has 0 aromatic rings. The molecule has 0 saturated heterocycles. The Hall–Kier alpha value is -1.62. The maximum Gasteiger partial charge on any atom is 0.306 e. The fourth-order valence-corrected chi connectivity index (χ4v) is 2.25. The van der Waals surface area contributed by atoms with Crippen LogP contribution in [0.3, 0.4) is 0 Å². The molecule has 2 rings (SSSR count). The van der Waals surface area contributed by atoms with E-state index in [-0.39, 0.29) is 16.5 Å². The molecule has 17 heavy (non-hydrogen) atoms. The van der Waals surface area contributed by atoms with Gasteiger partial charge in [-0.1, -0.05) is 11.6 Å². The maximum absolute atomic E-state index is 10.8. The topological polar surface area (TPSA) is 64.4 Å². The van der Waals surface area contributed by atoms with Gasteiger partial charge in [-0.3, -0.25) is 10.1 Å². The van der Waals surface area contributed by atoms with Gasteiger partial charge in [0.05, 0.1) is 12.0 Å². The second-order valence-corrected chi connectivity index (χ2v) is 4.16. The van der Waals surface area contributed by atoms with E-state index in [1.165, 1.54) is 12.7 Å². The van der Waals surface area contributed by atoms with Crippen molar-refractivity contribution >= 4 is 0 Å². The van der Waals surface area contributed by atoms with Gasteiger partial charge < -0.3 is 10.1 Å². The van der Waals surface area contributed by atoms with E-state index in [1.54, 1.807) is 6.08 Å². The summed E-state index contributed by atoms with van der Waals surface area (Å²) in [5.74, 6) is 0.626. The van der Waals surface area contributed by atoms with Crippen LogP contribution in [-0.2, 0) is 4.74 Å². The van der Waals surface area contributed by atoms with Crippen molar-refractivity contribution in [1.82, 2.24) is 5.32 Å². The lowest BCUT2D eigenvalue weighted by Crippen LogP contribution is -2.24. The van der Waals surface area contributed by atoms with Crippen LogP contribution < -0.4 is 5.32 Å². The van der Waals surface area contributed by atoms with Gasteiger partial charge in [0.2, 0.25) is 0 Å². The Bertz CT molecular complexity index is 410. The number of nitrogens with zero attached hydrogens (tertiary/aromatic N) is 1. The summed E-state index contributed by atoms with van der Waals surface area (Å²) in [6.07, 6.45) is 7.39. The van der Waals surface area contributed by atoms with Crippen LogP contribution in [0.1, 0.15) is 12.8 Å². The predicted molar refractivity (Wildman–Crippen MR) is 63.8 cm³/mol. The Morgan fingerprint density at radius 1 is 1.53 bits per heavy atom. The lowest BCUT2D eigenvalue weighted by Gasteiger charge is -2.22. The Labute approximate surface area is 100.0 Å². The Kier molecular flexibility index (Phi) is 3.58. The van der Waals surface area contributed by atoms with Gasteiger partial charge in [0.1, 0.15) is 0 Å². The van der Waals surface area contributed by atoms with E-state index in [0.717, 1.165) is 19.5 Å². The smallest absolute Gasteiger partial charge is 0.306 e. The molecule has 1 N–H and O–H groups in total. The van der Waals surface area contributed by atoms with E-state index in [2.05, 4.69) is 11.4 Å². The third-order valence-corrected chi connectivity index (χ3v) is 3.16. The third-order valence-electron chi connectivity index (χ3n) is 3.16. The molecule has 0 fully saturated rings. The SMILES string of the molecule is COC1=C[C@H](C2=CCNCC2)CC=C1[N+](=O)[O-]. The van der Waals surface area contributed by atoms with E-state index in [4.69, 9.17) is 4.74 Å². The standard InChI is InChI=1S/C12H16N2O3/c1-17-12-8-10(2-3-11(12)14(15)16)9-4-6-13-7-5-9/h3-4,8,10,13H,2,5-7H2,1H3/t10-/m1/s1. The summed E-state index contributed by atoms with van der Waals surface area (Å²) in [6.45, 7) is 1.86. The Balaban J connectivity index is 2.17. The predicted octanol–water partition coefficient (Wildman–Crippen LogP) is 1.62. The quantitative estimate of drug-likeness (QED) is 0.459. The second kappa shape index (κ2) is 5.14. The number of hydrogen-bond donors (Lipinski definition) is 1. The zero-order valence-electron chi connectivity index (χ0n) is 9.81. The van der Waals surface area contributed by atoms with Crippen LogP contribution in [0.5, 0.6) is 0 Å². The van der Waals surface area contributed by atoms with Gasteiger partial charge in [0.15, 0.2) is 5.76 Å². The van der Waals surface area contributed by atoms with Gasteiger partial charge in [-0.15, -0.1) is 0 Å². The summed E-state index contributed by atoms with van der Waals surface area (Å²) >= 11 is 0. The molecule has 1 heterocycles. The highest BCUT2D eigenvalue weighted by Crippen LogP contribution is 2.30. The Morgan fingerprint density at radius 3 is 2.94 bits per heavy atom. The minimum absolute atomic E-state index is 0.0817. The van der Waals surface area contributed by atoms with Crippen LogP contribution in [0.25, 0.3) is 0 Å². The van der Waals surface area contributed by atoms with Crippen molar-refractivity contribution in [1.29, 1.82) is 0 Å². The maximum atomic E-state index is 10.8. The molecule has 0 unspecified atom stereocenters. The normalized spacial score (nSPS) is 24.5. The van der Waals surface area contributed by atoms with Crippen molar-refractivity contribution < 1.29 is 9.66 Å². The molecule has 0 bridgehead atoms. The Morgan fingerprint density at radius 2 is 2.35 bits per heavy atom. The van der Waals surface area contributed by atoms with Crippen molar-refractivity contribution in [2.75, 3.05) is 20.2 Å². The molecular formula is C12H16N2O3. The van der Waals surface area contributed by atoms with E-state index < -0.39 is 0 Å². The molecule has 1 aliphatic heterocycles. The molecule has 5 heteroatoms. The number of ether oxygens (including phenoxy) is 1. The molecule has 2 aliphatic rings. The monoisotopic (exact) mass is 236 g/mol. The fourth-order valence-electron chi connectivity index (χ4n) is 2.25. The molecule has 0 saturated carbocycles. The highest BCUT2D eigenvalue weighted by atomic mass is 16.6. The van der Waals surface area contributed by atoms with Gasteiger partial charge in [-0.25, -0.2) is 0 Å². The number of nitro groups is 1. The number of nitrogens with one attached hydrogen (secondary N) is 1. The summed E-state index contributed by atoms with van der Waals surface area (Å²) < 4.78 is 5.09. The molecule has 5 nitrogen and oxygen atoms in total. The lowest BCUT2D eigenvalue weighted by atomic mass is 9.87. The first kappa shape index (κ1) is 11.9. The molecule has 0 spiro atoms. The van der Waals surface area contributed by atoms with Crippen LogP contribution in [-0.4, -0.2) is 25.1 Å². The van der Waals surface area contributed by atoms with Gasteiger partial charge in [0, 0.05) is 12.5 Å². The van der Waals surface area contributed by atoms with Crippen LogP contribution in [0, 0.1) is 16.0 Å². The summed E-state index contributed by atoms with van der Waals surface area (Å²) in [5.41, 5.74) is 1.43. The number of allylic oxidation sites excluding steroid dienone is 2. The number of hydrogen-bond acceptors (Lipinski definition) is 4. The number of rotatable bonds is 3. The van der Waals surface area contributed by atoms with E-state index in [1.807, 2.05) is 6.08 Å². The molecular weight excluding hydrogens is 220 g/mol. The summed E-state index contributed by atoms with van der Waals surface area (Å²) in [7, 11) is 1.47. The summed E-state index contributed by atoms with van der Waals surface area (Å²) in [4.78, 5) is 10.4. The molecule has 0 aromatic heterocycles. The molecule has 92 valence electrons. The zero-order valence-corrected chi connectivity index (χ0v) is 9.81. The first-order valence-electron chi connectivity index (χ1n) is 5.72. The number of methoxy groups -OCH3 is 1.